The number of hydrogen-bond donors (Lipinski definition) is 1. The molecule has 1 nitrogen and oxygen atoms in total. The van der Waals surface area contributed by atoms with Gasteiger partial charge in [-0.05, 0) is 48.6 Å². The highest BCUT2D eigenvalue weighted by Gasteiger charge is 2.33. The van der Waals surface area contributed by atoms with Gasteiger partial charge in [0.15, 0.2) is 0 Å². The number of hydrogen-bond acceptors (Lipinski definition) is 1. The maximum Gasteiger partial charge on any atom is 0.0545 e. The molecule has 0 bridgehead atoms. The Bertz CT molecular complexity index is 341. The topological polar surface area (TPSA) is 20.2 Å². The zero-order valence-corrected chi connectivity index (χ0v) is 10.4. The molecule has 1 N–H and O–H groups in total. The SMILES string of the molecule is CCc1ccc(CC2(C)CCC(O)C2)cc1. The van der Waals surface area contributed by atoms with Crippen LogP contribution in [0.2, 0.25) is 0 Å². The van der Waals surface area contributed by atoms with E-state index >= 15 is 0 Å². The number of benzene rings is 1. The van der Waals surface area contributed by atoms with Crippen molar-refractivity contribution in [1.29, 1.82) is 0 Å². The Labute approximate surface area is 98.5 Å². The molecule has 1 aliphatic rings. The smallest absolute Gasteiger partial charge is 0.0545 e. The fourth-order valence-corrected chi connectivity index (χ4v) is 2.83. The van der Waals surface area contributed by atoms with Crippen LogP contribution in [0.1, 0.15) is 44.2 Å². The van der Waals surface area contributed by atoms with E-state index in [1.54, 1.807) is 0 Å². The summed E-state index contributed by atoms with van der Waals surface area (Å²) >= 11 is 0. The van der Waals surface area contributed by atoms with Gasteiger partial charge < -0.3 is 5.11 Å². The molecule has 2 atom stereocenters. The average molecular weight is 218 g/mol. The molecule has 2 rings (SSSR count). The summed E-state index contributed by atoms with van der Waals surface area (Å²) < 4.78 is 0. The van der Waals surface area contributed by atoms with Crippen LogP contribution in [0.5, 0.6) is 0 Å². The van der Waals surface area contributed by atoms with Crippen molar-refractivity contribution in [1.82, 2.24) is 0 Å². The third-order valence-electron chi connectivity index (χ3n) is 3.87. The third-order valence-corrected chi connectivity index (χ3v) is 3.87. The zero-order valence-electron chi connectivity index (χ0n) is 10.4. The van der Waals surface area contributed by atoms with E-state index in [4.69, 9.17) is 0 Å². The maximum atomic E-state index is 9.62. The van der Waals surface area contributed by atoms with Gasteiger partial charge in [0, 0.05) is 0 Å². The lowest BCUT2D eigenvalue weighted by atomic mass is 9.82. The van der Waals surface area contributed by atoms with Gasteiger partial charge in [-0.3, -0.25) is 0 Å². The van der Waals surface area contributed by atoms with Crippen molar-refractivity contribution in [2.24, 2.45) is 5.41 Å². The molecule has 1 saturated carbocycles. The lowest BCUT2D eigenvalue weighted by Gasteiger charge is -2.23. The predicted octanol–water partition coefficient (Wildman–Crippen LogP) is 3.34. The summed E-state index contributed by atoms with van der Waals surface area (Å²) in [6.45, 7) is 4.49. The maximum absolute atomic E-state index is 9.62. The molecule has 0 heterocycles. The average Bonchev–Trinajstić information content (AvgIpc) is 2.59. The van der Waals surface area contributed by atoms with E-state index in [1.807, 2.05) is 0 Å². The molecule has 0 spiro atoms. The zero-order chi connectivity index (χ0) is 11.6. The molecule has 1 aliphatic carbocycles. The van der Waals surface area contributed by atoms with Crippen LogP contribution in [0, 0.1) is 5.41 Å². The van der Waals surface area contributed by atoms with Gasteiger partial charge in [0.05, 0.1) is 6.10 Å². The van der Waals surface area contributed by atoms with Gasteiger partial charge in [0.25, 0.3) is 0 Å². The van der Waals surface area contributed by atoms with Gasteiger partial charge in [0.1, 0.15) is 0 Å². The normalized spacial score (nSPS) is 29.6. The van der Waals surface area contributed by atoms with Gasteiger partial charge in [-0.2, -0.15) is 0 Å². The highest BCUT2D eigenvalue weighted by atomic mass is 16.3. The van der Waals surface area contributed by atoms with E-state index in [9.17, 15) is 5.11 Å². The second kappa shape index (κ2) is 4.58. The van der Waals surface area contributed by atoms with Gasteiger partial charge in [0.2, 0.25) is 0 Å². The molecule has 0 amide bonds. The van der Waals surface area contributed by atoms with Gasteiger partial charge >= 0.3 is 0 Å². The second-order valence-corrected chi connectivity index (χ2v) is 5.55. The molecule has 1 aromatic rings. The van der Waals surface area contributed by atoms with Crippen LogP contribution in [-0.4, -0.2) is 11.2 Å². The largest absolute Gasteiger partial charge is 0.393 e. The van der Waals surface area contributed by atoms with E-state index in [-0.39, 0.29) is 6.10 Å². The lowest BCUT2D eigenvalue weighted by Crippen LogP contribution is -2.16. The molecule has 1 aromatic carbocycles. The summed E-state index contributed by atoms with van der Waals surface area (Å²) in [5.41, 5.74) is 3.13. The molecule has 1 heteroatoms. The monoisotopic (exact) mass is 218 g/mol. The molecular formula is C15H22O. The van der Waals surface area contributed by atoms with E-state index in [1.165, 1.54) is 11.1 Å². The van der Waals surface area contributed by atoms with Crippen LogP contribution in [0.15, 0.2) is 24.3 Å². The van der Waals surface area contributed by atoms with Crippen LogP contribution in [0.4, 0.5) is 0 Å². The van der Waals surface area contributed by atoms with Crippen LogP contribution in [0.3, 0.4) is 0 Å². The molecule has 1 fully saturated rings. The Balaban J connectivity index is 2.03. The van der Waals surface area contributed by atoms with E-state index in [0.717, 1.165) is 32.1 Å². The standard InChI is InChI=1S/C15H22O/c1-3-12-4-6-13(7-5-12)10-15(2)9-8-14(16)11-15/h4-7,14,16H,3,8-11H2,1-2H3. The van der Waals surface area contributed by atoms with E-state index < -0.39 is 0 Å². The minimum atomic E-state index is -0.0695. The van der Waals surface area contributed by atoms with Gasteiger partial charge in [-0.25, -0.2) is 0 Å². The second-order valence-electron chi connectivity index (χ2n) is 5.55. The molecule has 0 radical (unpaired) electrons. The van der Waals surface area contributed by atoms with Crippen molar-refractivity contribution < 1.29 is 5.11 Å². The molecule has 0 saturated heterocycles. The first kappa shape index (κ1) is 11.7. The summed E-state index contributed by atoms with van der Waals surface area (Å²) in [5, 5.41) is 9.62. The van der Waals surface area contributed by atoms with Crippen molar-refractivity contribution >= 4 is 0 Å². The third kappa shape index (κ3) is 2.65. The Morgan fingerprint density at radius 2 is 1.88 bits per heavy atom. The summed E-state index contributed by atoms with van der Waals surface area (Å²) in [7, 11) is 0. The first-order valence-electron chi connectivity index (χ1n) is 6.37. The summed E-state index contributed by atoms with van der Waals surface area (Å²) in [6, 6.07) is 8.94. The van der Waals surface area contributed by atoms with Crippen LogP contribution < -0.4 is 0 Å². The van der Waals surface area contributed by atoms with Crippen molar-refractivity contribution in [2.75, 3.05) is 0 Å². The van der Waals surface area contributed by atoms with Crippen molar-refractivity contribution in [3.63, 3.8) is 0 Å². The molecule has 2 unspecified atom stereocenters. The van der Waals surface area contributed by atoms with Gasteiger partial charge in [-0.1, -0.05) is 38.1 Å². The Morgan fingerprint density at radius 3 is 2.38 bits per heavy atom. The Kier molecular flexibility index (Phi) is 3.34. The summed E-state index contributed by atoms with van der Waals surface area (Å²) in [6.07, 6.45) is 5.24. The van der Waals surface area contributed by atoms with E-state index in [2.05, 4.69) is 38.1 Å². The highest BCUT2D eigenvalue weighted by Crippen LogP contribution is 2.40. The summed E-state index contributed by atoms with van der Waals surface area (Å²) in [4.78, 5) is 0. The number of aryl methyl sites for hydroxylation is 1. The predicted molar refractivity (Wildman–Crippen MR) is 67.5 cm³/mol. The molecule has 0 aliphatic heterocycles. The van der Waals surface area contributed by atoms with Crippen LogP contribution in [-0.2, 0) is 12.8 Å². The number of aliphatic hydroxyl groups is 1. The lowest BCUT2D eigenvalue weighted by molar-refractivity contribution is 0.163. The van der Waals surface area contributed by atoms with Crippen molar-refractivity contribution in [2.45, 2.75) is 52.1 Å². The minimum Gasteiger partial charge on any atom is -0.393 e. The van der Waals surface area contributed by atoms with Crippen molar-refractivity contribution in [3.8, 4) is 0 Å². The van der Waals surface area contributed by atoms with Gasteiger partial charge in [-0.15, -0.1) is 0 Å². The Morgan fingerprint density at radius 1 is 1.25 bits per heavy atom. The fraction of sp³-hybridized carbons (Fsp3) is 0.600. The molecule has 16 heavy (non-hydrogen) atoms. The van der Waals surface area contributed by atoms with E-state index in [0.29, 0.717) is 5.41 Å². The molecule has 88 valence electrons. The summed E-state index contributed by atoms with van der Waals surface area (Å²) in [5.74, 6) is 0. The minimum absolute atomic E-state index is 0.0695. The first-order valence-corrected chi connectivity index (χ1v) is 6.37. The number of rotatable bonds is 3. The molecular weight excluding hydrogens is 196 g/mol. The van der Waals surface area contributed by atoms with Crippen LogP contribution >= 0.6 is 0 Å². The van der Waals surface area contributed by atoms with Crippen LogP contribution in [0.25, 0.3) is 0 Å². The number of aliphatic hydroxyl groups excluding tert-OH is 1. The highest BCUT2D eigenvalue weighted by molar-refractivity contribution is 5.23. The Hall–Kier alpha value is -0.820. The molecule has 0 aromatic heterocycles. The van der Waals surface area contributed by atoms with Crippen molar-refractivity contribution in [3.05, 3.63) is 35.4 Å². The first-order chi connectivity index (χ1) is 7.61. The fourth-order valence-electron chi connectivity index (χ4n) is 2.83. The quantitative estimate of drug-likeness (QED) is 0.825.